The van der Waals surface area contributed by atoms with Crippen molar-refractivity contribution in [2.75, 3.05) is 12.4 Å². The maximum Gasteiger partial charge on any atom is 0.337 e. The number of benzene rings is 1. The molecule has 0 fully saturated rings. The lowest BCUT2D eigenvalue weighted by Gasteiger charge is -2.10. The maximum absolute atomic E-state index is 12.0. The quantitative estimate of drug-likeness (QED) is 0.877. The Labute approximate surface area is 121 Å². The van der Waals surface area contributed by atoms with Crippen LogP contribution in [0, 0.1) is 0 Å². The molecule has 1 aromatic heterocycles. The second-order valence-corrected chi connectivity index (χ2v) is 4.26. The van der Waals surface area contributed by atoms with Crippen LogP contribution >= 0.6 is 0 Å². The molecule has 0 aliphatic rings. The fourth-order valence-electron chi connectivity index (χ4n) is 1.90. The molecule has 0 unspecified atom stereocenters. The van der Waals surface area contributed by atoms with E-state index < -0.39 is 5.97 Å². The third kappa shape index (κ3) is 3.56. The highest BCUT2D eigenvalue weighted by Gasteiger charge is 2.13. The number of anilines is 1. The SMILES string of the molecule is COc1ccccc1CC(=O)Nc1cnccc1C(=O)O. The lowest BCUT2D eigenvalue weighted by atomic mass is 10.1. The highest BCUT2D eigenvalue weighted by molar-refractivity contribution is 6.00. The third-order valence-corrected chi connectivity index (χ3v) is 2.87. The smallest absolute Gasteiger partial charge is 0.337 e. The van der Waals surface area contributed by atoms with Crippen molar-refractivity contribution in [3.8, 4) is 5.75 Å². The average Bonchev–Trinajstić information content (AvgIpc) is 2.48. The Kier molecular flexibility index (Phi) is 4.50. The van der Waals surface area contributed by atoms with E-state index in [0.29, 0.717) is 5.75 Å². The summed E-state index contributed by atoms with van der Waals surface area (Å²) in [6, 6.07) is 8.48. The number of carboxylic acid groups (broad SMARTS) is 1. The summed E-state index contributed by atoms with van der Waals surface area (Å²) < 4.78 is 5.17. The molecule has 21 heavy (non-hydrogen) atoms. The van der Waals surface area contributed by atoms with Crippen LogP contribution in [0.15, 0.2) is 42.7 Å². The summed E-state index contributed by atoms with van der Waals surface area (Å²) in [5, 5.41) is 11.6. The fourth-order valence-corrected chi connectivity index (χ4v) is 1.90. The van der Waals surface area contributed by atoms with Crippen molar-refractivity contribution in [1.82, 2.24) is 4.98 Å². The molecule has 108 valence electrons. The van der Waals surface area contributed by atoms with E-state index in [0.717, 1.165) is 5.56 Å². The molecular weight excluding hydrogens is 272 g/mol. The molecule has 1 aromatic carbocycles. The molecule has 0 saturated carbocycles. The molecule has 2 rings (SSSR count). The maximum atomic E-state index is 12.0. The molecule has 0 saturated heterocycles. The van der Waals surface area contributed by atoms with Gasteiger partial charge in [-0.2, -0.15) is 0 Å². The number of carboxylic acids is 1. The number of para-hydroxylation sites is 1. The lowest BCUT2D eigenvalue weighted by molar-refractivity contribution is -0.115. The number of methoxy groups -OCH3 is 1. The van der Waals surface area contributed by atoms with E-state index >= 15 is 0 Å². The van der Waals surface area contributed by atoms with Crippen molar-refractivity contribution in [3.63, 3.8) is 0 Å². The molecule has 2 N–H and O–H groups in total. The number of nitrogens with one attached hydrogen (secondary N) is 1. The van der Waals surface area contributed by atoms with Crippen LogP contribution in [0.25, 0.3) is 0 Å². The van der Waals surface area contributed by atoms with Gasteiger partial charge in [0.15, 0.2) is 0 Å². The third-order valence-electron chi connectivity index (χ3n) is 2.87. The molecule has 0 aliphatic heterocycles. The summed E-state index contributed by atoms with van der Waals surface area (Å²) >= 11 is 0. The van der Waals surface area contributed by atoms with Crippen LogP contribution in [-0.2, 0) is 11.2 Å². The van der Waals surface area contributed by atoms with Crippen LogP contribution in [0.1, 0.15) is 15.9 Å². The molecule has 0 atom stereocenters. The van der Waals surface area contributed by atoms with E-state index in [1.54, 1.807) is 18.2 Å². The largest absolute Gasteiger partial charge is 0.496 e. The van der Waals surface area contributed by atoms with Gasteiger partial charge in [-0.3, -0.25) is 9.78 Å². The molecule has 0 aliphatic carbocycles. The topological polar surface area (TPSA) is 88.5 Å². The van der Waals surface area contributed by atoms with Gasteiger partial charge in [-0.25, -0.2) is 4.79 Å². The molecular formula is C15H14N2O4. The Morgan fingerprint density at radius 3 is 2.76 bits per heavy atom. The molecule has 2 aromatic rings. The Hall–Kier alpha value is -2.89. The standard InChI is InChI=1S/C15H14N2O4/c1-21-13-5-3-2-4-10(13)8-14(18)17-12-9-16-7-6-11(12)15(19)20/h2-7,9H,8H2,1H3,(H,17,18)(H,19,20). The van der Waals surface area contributed by atoms with Crippen molar-refractivity contribution in [2.45, 2.75) is 6.42 Å². The molecule has 6 heteroatoms. The minimum Gasteiger partial charge on any atom is -0.496 e. The van der Waals surface area contributed by atoms with Crippen LogP contribution in [0.5, 0.6) is 5.75 Å². The summed E-state index contributed by atoms with van der Waals surface area (Å²) in [6.07, 6.45) is 2.75. The number of pyridine rings is 1. The molecule has 0 radical (unpaired) electrons. The molecule has 0 bridgehead atoms. The zero-order valence-electron chi connectivity index (χ0n) is 11.4. The predicted octanol–water partition coefficient (Wildman–Crippen LogP) is 1.97. The van der Waals surface area contributed by atoms with E-state index in [1.165, 1.54) is 25.6 Å². The van der Waals surface area contributed by atoms with Crippen LogP contribution in [0.3, 0.4) is 0 Å². The number of hydrogen-bond acceptors (Lipinski definition) is 4. The predicted molar refractivity (Wildman–Crippen MR) is 76.5 cm³/mol. The zero-order chi connectivity index (χ0) is 15.2. The number of ether oxygens (including phenoxy) is 1. The first-order valence-electron chi connectivity index (χ1n) is 6.21. The number of carbonyl (C=O) groups excluding carboxylic acids is 1. The van der Waals surface area contributed by atoms with Gasteiger partial charge in [-0.05, 0) is 12.1 Å². The van der Waals surface area contributed by atoms with Crippen molar-refractivity contribution >= 4 is 17.6 Å². The monoisotopic (exact) mass is 286 g/mol. The summed E-state index contributed by atoms with van der Waals surface area (Å²) in [5.41, 5.74) is 0.890. The first kappa shape index (κ1) is 14.5. The molecule has 0 spiro atoms. The van der Waals surface area contributed by atoms with Crippen LogP contribution < -0.4 is 10.1 Å². The molecule has 1 amide bonds. The zero-order valence-corrected chi connectivity index (χ0v) is 11.4. The molecule has 6 nitrogen and oxygen atoms in total. The van der Waals surface area contributed by atoms with Crippen LogP contribution in [0.4, 0.5) is 5.69 Å². The lowest BCUT2D eigenvalue weighted by Crippen LogP contribution is -2.17. The van der Waals surface area contributed by atoms with Gasteiger partial charge in [0.05, 0.1) is 31.0 Å². The Bertz CT molecular complexity index is 670. The second-order valence-electron chi connectivity index (χ2n) is 4.26. The normalized spacial score (nSPS) is 9.95. The summed E-state index contributed by atoms with van der Waals surface area (Å²) in [5.74, 6) is -0.850. The highest BCUT2D eigenvalue weighted by Crippen LogP contribution is 2.19. The highest BCUT2D eigenvalue weighted by atomic mass is 16.5. The molecule has 1 heterocycles. The minimum absolute atomic E-state index is 0.00150. The van der Waals surface area contributed by atoms with Crippen molar-refractivity contribution < 1.29 is 19.4 Å². The Balaban J connectivity index is 2.14. The summed E-state index contributed by atoms with van der Waals surface area (Å²) in [6.45, 7) is 0. The van der Waals surface area contributed by atoms with E-state index in [-0.39, 0.29) is 23.6 Å². The van der Waals surface area contributed by atoms with Gasteiger partial charge in [0.25, 0.3) is 0 Å². The second kappa shape index (κ2) is 6.51. The first-order chi connectivity index (χ1) is 10.1. The van der Waals surface area contributed by atoms with E-state index in [1.807, 2.05) is 6.07 Å². The Morgan fingerprint density at radius 1 is 1.29 bits per heavy atom. The van der Waals surface area contributed by atoms with Crippen LogP contribution in [0.2, 0.25) is 0 Å². The van der Waals surface area contributed by atoms with Gasteiger partial charge >= 0.3 is 5.97 Å². The van der Waals surface area contributed by atoms with Gasteiger partial charge in [0.2, 0.25) is 5.91 Å². The number of hydrogen-bond donors (Lipinski definition) is 2. The Morgan fingerprint density at radius 2 is 2.05 bits per heavy atom. The first-order valence-corrected chi connectivity index (χ1v) is 6.21. The number of amides is 1. The van der Waals surface area contributed by atoms with E-state index in [9.17, 15) is 9.59 Å². The van der Waals surface area contributed by atoms with Crippen molar-refractivity contribution in [3.05, 3.63) is 53.9 Å². The van der Waals surface area contributed by atoms with Gasteiger partial charge in [-0.1, -0.05) is 18.2 Å². The van der Waals surface area contributed by atoms with Gasteiger partial charge in [-0.15, -0.1) is 0 Å². The number of rotatable bonds is 5. The van der Waals surface area contributed by atoms with E-state index in [4.69, 9.17) is 9.84 Å². The fraction of sp³-hybridized carbons (Fsp3) is 0.133. The van der Waals surface area contributed by atoms with Crippen molar-refractivity contribution in [2.24, 2.45) is 0 Å². The number of nitrogens with zero attached hydrogens (tertiary/aromatic N) is 1. The van der Waals surface area contributed by atoms with Gasteiger partial charge in [0.1, 0.15) is 5.75 Å². The summed E-state index contributed by atoms with van der Waals surface area (Å²) in [4.78, 5) is 26.9. The summed E-state index contributed by atoms with van der Waals surface area (Å²) in [7, 11) is 1.53. The van der Waals surface area contributed by atoms with E-state index in [2.05, 4.69) is 10.3 Å². The van der Waals surface area contributed by atoms with Crippen LogP contribution in [-0.4, -0.2) is 29.1 Å². The van der Waals surface area contributed by atoms with Crippen molar-refractivity contribution in [1.29, 1.82) is 0 Å². The number of aromatic carboxylic acids is 1. The minimum atomic E-state index is -1.12. The van der Waals surface area contributed by atoms with Gasteiger partial charge in [0, 0.05) is 11.8 Å². The number of aromatic nitrogens is 1. The van der Waals surface area contributed by atoms with Gasteiger partial charge < -0.3 is 15.2 Å². The number of carbonyl (C=O) groups is 2. The average molecular weight is 286 g/mol.